The molecule has 14 heteroatoms. The number of likely N-dealkylation sites (tertiary alicyclic amines) is 1. The van der Waals surface area contributed by atoms with Crippen LogP contribution in [0.1, 0.15) is 51.3 Å². The van der Waals surface area contributed by atoms with E-state index in [0.29, 0.717) is 75.0 Å². The topological polar surface area (TPSA) is 124 Å². The van der Waals surface area contributed by atoms with E-state index in [-0.39, 0.29) is 30.5 Å². The average molecular weight is 600 g/mol. The molecule has 1 aliphatic carbocycles. The first kappa shape index (κ1) is 29.0. The van der Waals surface area contributed by atoms with Gasteiger partial charge in [-0.05, 0) is 51.2 Å². The number of rotatable bonds is 8. The van der Waals surface area contributed by atoms with Gasteiger partial charge in [0.2, 0.25) is 17.7 Å². The van der Waals surface area contributed by atoms with Crippen LogP contribution in [0.25, 0.3) is 16.9 Å². The minimum Gasteiger partial charge on any atom is -0.474 e. The summed E-state index contributed by atoms with van der Waals surface area (Å²) < 4.78 is 46.5. The molecule has 1 N–H and O–H groups in total. The number of alkyl carbamates (subject to hydrolysis) is 1. The molecule has 6 rings (SSSR count). The van der Waals surface area contributed by atoms with Crippen molar-refractivity contribution in [2.45, 2.75) is 63.6 Å². The van der Waals surface area contributed by atoms with Gasteiger partial charge in [0.25, 0.3) is 6.43 Å². The van der Waals surface area contributed by atoms with Crippen molar-refractivity contribution >= 4 is 29.0 Å². The number of aromatic nitrogens is 4. The molecule has 3 fully saturated rings. The molecular weight excluding hydrogens is 564 g/mol. The molecule has 0 radical (unpaired) electrons. The smallest absolute Gasteiger partial charge is 0.407 e. The van der Waals surface area contributed by atoms with Gasteiger partial charge in [-0.2, -0.15) is 9.97 Å². The molecule has 43 heavy (non-hydrogen) atoms. The van der Waals surface area contributed by atoms with Gasteiger partial charge in [0.15, 0.2) is 5.82 Å². The number of hydrogen-bond acceptors (Lipinski definition) is 9. The Bertz CT molecular complexity index is 1460. The number of nitrogens with one attached hydrogen (secondary N) is 1. The maximum Gasteiger partial charge on any atom is 0.407 e. The lowest BCUT2D eigenvalue weighted by molar-refractivity contribution is -0.132. The Labute approximate surface area is 247 Å². The largest absolute Gasteiger partial charge is 0.474 e. The zero-order valence-electron chi connectivity index (χ0n) is 24.0. The number of imidazole rings is 1. The lowest BCUT2D eigenvalue weighted by atomic mass is 9.92. The monoisotopic (exact) mass is 599 g/mol. The van der Waals surface area contributed by atoms with E-state index in [4.69, 9.17) is 14.2 Å². The number of carbonyl (C=O) groups excluding carboxylic acids is 2. The molecule has 1 atom stereocenters. The predicted molar refractivity (Wildman–Crippen MR) is 152 cm³/mol. The van der Waals surface area contributed by atoms with E-state index in [1.54, 1.807) is 37.3 Å². The number of para-hydroxylation sites is 2. The van der Waals surface area contributed by atoms with Gasteiger partial charge < -0.3 is 29.3 Å². The van der Waals surface area contributed by atoms with Gasteiger partial charge >= 0.3 is 6.09 Å². The van der Waals surface area contributed by atoms with Crippen molar-refractivity contribution in [3.63, 3.8) is 0 Å². The second-order valence-electron chi connectivity index (χ2n) is 10.8. The second-order valence-corrected chi connectivity index (χ2v) is 10.8. The zero-order valence-corrected chi connectivity index (χ0v) is 24.0. The lowest BCUT2D eigenvalue weighted by Gasteiger charge is -2.34. The summed E-state index contributed by atoms with van der Waals surface area (Å²) in [6.07, 6.45) is -0.168. The fourth-order valence-corrected chi connectivity index (χ4v) is 6.07. The fourth-order valence-electron chi connectivity index (χ4n) is 6.07. The Morgan fingerprint density at radius 3 is 2.58 bits per heavy atom. The summed E-state index contributed by atoms with van der Waals surface area (Å²) in [5.41, 5.74) is 0.961. The maximum absolute atomic E-state index is 14.2. The van der Waals surface area contributed by atoms with Crippen molar-refractivity contribution < 1.29 is 32.6 Å². The van der Waals surface area contributed by atoms with Crippen LogP contribution >= 0.6 is 0 Å². The van der Waals surface area contributed by atoms with Crippen molar-refractivity contribution in [3.8, 4) is 11.7 Å². The summed E-state index contributed by atoms with van der Waals surface area (Å²) >= 11 is 0. The number of ether oxygens (including phenoxy) is 3. The molecule has 4 heterocycles. The summed E-state index contributed by atoms with van der Waals surface area (Å²) in [6.45, 7) is 4.69. The molecule has 3 aliphatic rings. The first-order valence-electron chi connectivity index (χ1n) is 14.8. The average Bonchev–Trinajstić information content (AvgIpc) is 3.59. The van der Waals surface area contributed by atoms with E-state index in [1.807, 2.05) is 9.80 Å². The summed E-state index contributed by atoms with van der Waals surface area (Å²) in [7, 11) is 0. The van der Waals surface area contributed by atoms with E-state index in [9.17, 15) is 18.4 Å². The van der Waals surface area contributed by atoms with Gasteiger partial charge in [-0.15, -0.1) is 0 Å². The van der Waals surface area contributed by atoms with E-state index >= 15 is 0 Å². The molecule has 2 aliphatic heterocycles. The van der Waals surface area contributed by atoms with Crippen molar-refractivity contribution in [1.82, 2.24) is 29.7 Å². The Hall–Kier alpha value is -4.07. The summed E-state index contributed by atoms with van der Waals surface area (Å²) in [5, 5.41) is 2.65. The molecule has 2 saturated heterocycles. The van der Waals surface area contributed by atoms with Crippen LogP contribution in [0.2, 0.25) is 0 Å². The van der Waals surface area contributed by atoms with Gasteiger partial charge in [0.05, 0.1) is 30.9 Å². The minimum absolute atomic E-state index is 0.0529. The predicted octanol–water partition coefficient (Wildman–Crippen LogP) is 3.63. The van der Waals surface area contributed by atoms with Crippen LogP contribution in [0.3, 0.4) is 0 Å². The molecule has 0 unspecified atom stereocenters. The molecule has 3 aromatic rings. The molecule has 12 nitrogen and oxygen atoms in total. The first-order chi connectivity index (χ1) is 20.9. The van der Waals surface area contributed by atoms with Crippen molar-refractivity contribution in [3.05, 3.63) is 36.2 Å². The Morgan fingerprint density at radius 1 is 1.07 bits per heavy atom. The number of fused-ring (bicyclic) bond motifs is 1. The number of amides is 2. The van der Waals surface area contributed by atoms with Gasteiger partial charge in [0, 0.05) is 31.7 Å². The number of nitrogens with zero attached hydrogens (tertiary/aromatic N) is 6. The molecule has 0 bridgehead atoms. The van der Waals surface area contributed by atoms with Crippen LogP contribution in [0.15, 0.2) is 30.3 Å². The highest BCUT2D eigenvalue weighted by Crippen LogP contribution is 2.32. The van der Waals surface area contributed by atoms with Crippen LogP contribution in [0, 0.1) is 0 Å². The molecular formula is C29H35F2N7O5. The van der Waals surface area contributed by atoms with Crippen molar-refractivity contribution in [2.75, 3.05) is 44.4 Å². The van der Waals surface area contributed by atoms with Gasteiger partial charge in [0.1, 0.15) is 18.0 Å². The fraction of sp³-hybridized carbons (Fsp3) is 0.552. The first-order valence-corrected chi connectivity index (χ1v) is 14.8. The zero-order chi connectivity index (χ0) is 29.9. The second kappa shape index (κ2) is 12.7. The number of halogens is 2. The highest BCUT2D eigenvalue weighted by atomic mass is 19.3. The van der Waals surface area contributed by atoms with Crippen LogP contribution < -0.4 is 15.0 Å². The third kappa shape index (κ3) is 6.19. The van der Waals surface area contributed by atoms with Crippen LogP contribution in [-0.4, -0.2) is 94.1 Å². The van der Waals surface area contributed by atoms with Crippen molar-refractivity contribution in [1.29, 1.82) is 0 Å². The summed E-state index contributed by atoms with van der Waals surface area (Å²) in [5.74, 6) is 0.446. The standard InChI is InChI=1S/C29H35F2N7O5/c1-2-42-29(40)33-21-11-12-37(27(21)39)18-7-9-19(10-8-18)43-24-17-23(34-28(35-24)36-13-15-41-16-14-36)38-22-6-4-3-5-20(22)32-26(38)25(30)31/h3-6,17-19,21,25H,2,7-16H2,1H3,(H,33,40)/t18-,19-,21-/m0/s1. The number of carbonyl (C=O) groups is 2. The number of benzene rings is 1. The number of alkyl halides is 2. The maximum atomic E-state index is 14.2. The number of anilines is 1. The summed E-state index contributed by atoms with van der Waals surface area (Å²) in [4.78, 5) is 42.1. The van der Waals surface area contributed by atoms with E-state index < -0.39 is 24.4 Å². The third-order valence-corrected chi connectivity index (χ3v) is 8.16. The Kier molecular flexibility index (Phi) is 8.54. The number of hydrogen-bond donors (Lipinski definition) is 1. The molecule has 2 amide bonds. The van der Waals surface area contributed by atoms with Crippen molar-refractivity contribution in [2.24, 2.45) is 0 Å². The lowest BCUT2D eigenvalue weighted by Crippen LogP contribution is -2.46. The normalized spacial score (nSPS) is 22.8. The Morgan fingerprint density at radius 2 is 1.84 bits per heavy atom. The van der Waals surface area contributed by atoms with Gasteiger partial charge in [-0.1, -0.05) is 12.1 Å². The minimum atomic E-state index is -2.81. The SMILES string of the molecule is CCOC(=O)N[C@H]1CCN([C@H]2CC[C@H](Oc3cc(-n4c(C(F)F)nc5ccccc54)nc(N4CCOCC4)n3)CC2)C1=O. The molecule has 230 valence electrons. The van der Waals surface area contributed by atoms with Gasteiger partial charge in [-0.25, -0.2) is 18.6 Å². The highest BCUT2D eigenvalue weighted by Gasteiger charge is 2.38. The third-order valence-electron chi connectivity index (χ3n) is 8.16. The quantitative estimate of drug-likeness (QED) is 0.413. The van der Waals surface area contributed by atoms with E-state index in [0.717, 1.165) is 12.8 Å². The molecule has 2 aromatic heterocycles. The molecule has 1 saturated carbocycles. The molecule has 0 spiro atoms. The van der Waals surface area contributed by atoms with E-state index in [1.165, 1.54) is 4.57 Å². The van der Waals surface area contributed by atoms with Crippen LogP contribution in [-0.2, 0) is 14.3 Å². The molecule has 1 aromatic carbocycles. The van der Waals surface area contributed by atoms with E-state index in [2.05, 4.69) is 20.3 Å². The highest BCUT2D eigenvalue weighted by molar-refractivity contribution is 5.87. The van der Waals surface area contributed by atoms with Crippen LogP contribution in [0.4, 0.5) is 19.5 Å². The number of morpholine rings is 1. The summed E-state index contributed by atoms with van der Waals surface area (Å²) in [6, 6.07) is 8.03. The van der Waals surface area contributed by atoms with Crippen LogP contribution in [0.5, 0.6) is 5.88 Å². The van der Waals surface area contributed by atoms with Gasteiger partial charge in [-0.3, -0.25) is 9.36 Å². The Balaban J connectivity index is 1.20.